The van der Waals surface area contributed by atoms with Crippen molar-refractivity contribution in [1.29, 1.82) is 0 Å². The van der Waals surface area contributed by atoms with Crippen LogP contribution in [0.15, 0.2) is 6.20 Å². The lowest BCUT2D eigenvalue weighted by Crippen LogP contribution is -2.13. The average Bonchev–Trinajstić information content (AvgIpc) is 2.79. The summed E-state index contributed by atoms with van der Waals surface area (Å²) in [6, 6.07) is 0.172. The summed E-state index contributed by atoms with van der Waals surface area (Å²) >= 11 is 0. The lowest BCUT2D eigenvalue weighted by Gasteiger charge is -2.08. The summed E-state index contributed by atoms with van der Waals surface area (Å²) in [6.45, 7) is 4.13. The molecule has 0 spiro atoms. The van der Waals surface area contributed by atoms with Crippen LogP contribution in [0.25, 0.3) is 0 Å². The summed E-state index contributed by atoms with van der Waals surface area (Å²) in [5.74, 6) is 6.14. The molecule has 0 unspecified atom stereocenters. The van der Waals surface area contributed by atoms with Crippen LogP contribution in [-0.2, 0) is 7.05 Å². The molecular weight excluding hydrogens is 260 g/mol. The molecule has 0 saturated carbocycles. The summed E-state index contributed by atoms with van der Waals surface area (Å²) in [7, 11) is 3.33. The Morgan fingerprint density at radius 1 is 1.25 bits per heavy atom. The van der Waals surface area contributed by atoms with E-state index in [0.29, 0.717) is 5.95 Å². The minimum absolute atomic E-state index is 0.172. The number of aryl methyl sites for hydroxylation is 1. The Kier molecular flexibility index (Phi) is 3.99. The van der Waals surface area contributed by atoms with Gasteiger partial charge in [-0.3, -0.25) is 10.1 Å². The molecule has 2 rings (SSSR count). The first-order valence-corrected chi connectivity index (χ1v) is 6.10. The smallest absolute Gasteiger partial charge is 0.322 e. The molecule has 0 aliphatic heterocycles. The van der Waals surface area contributed by atoms with Gasteiger partial charge in [0.25, 0.3) is 0 Å². The summed E-state index contributed by atoms with van der Waals surface area (Å²) in [5.41, 5.74) is 4.12. The van der Waals surface area contributed by atoms with Crippen LogP contribution in [0.3, 0.4) is 0 Å². The molecule has 0 bridgehead atoms. The molecule has 9 heteroatoms. The Morgan fingerprint density at radius 2 is 1.95 bits per heavy atom. The molecule has 20 heavy (non-hydrogen) atoms. The molecule has 0 aliphatic rings. The number of hydrogen-bond acceptors (Lipinski definition) is 8. The van der Waals surface area contributed by atoms with E-state index in [0.717, 1.165) is 11.4 Å². The molecule has 108 valence electrons. The van der Waals surface area contributed by atoms with E-state index >= 15 is 0 Å². The number of aromatic nitrogens is 5. The van der Waals surface area contributed by atoms with Gasteiger partial charge in [0.15, 0.2) is 0 Å². The van der Waals surface area contributed by atoms with E-state index in [4.69, 9.17) is 10.6 Å². The Labute approximate surface area is 116 Å². The minimum Gasteiger partial charge on any atom is -0.467 e. The monoisotopic (exact) mass is 278 g/mol. The van der Waals surface area contributed by atoms with Crippen molar-refractivity contribution in [2.24, 2.45) is 12.9 Å². The van der Waals surface area contributed by atoms with Gasteiger partial charge in [-0.05, 0) is 5.92 Å². The van der Waals surface area contributed by atoms with Crippen LogP contribution in [0.4, 0.5) is 17.6 Å². The number of nitrogen functional groups attached to an aromatic ring is 1. The number of ether oxygens (including phenoxy) is 1. The van der Waals surface area contributed by atoms with Gasteiger partial charge >= 0.3 is 6.01 Å². The molecule has 0 atom stereocenters. The fourth-order valence-electron chi connectivity index (χ4n) is 1.72. The van der Waals surface area contributed by atoms with Crippen molar-refractivity contribution in [2.45, 2.75) is 19.8 Å². The van der Waals surface area contributed by atoms with Gasteiger partial charge in [-0.1, -0.05) is 13.8 Å². The van der Waals surface area contributed by atoms with Gasteiger partial charge in [0.05, 0.1) is 18.5 Å². The van der Waals surface area contributed by atoms with Crippen molar-refractivity contribution < 1.29 is 4.74 Å². The van der Waals surface area contributed by atoms with Crippen molar-refractivity contribution in [3.63, 3.8) is 0 Å². The molecule has 9 nitrogen and oxygen atoms in total. The van der Waals surface area contributed by atoms with Crippen molar-refractivity contribution in [1.82, 2.24) is 24.7 Å². The number of nitrogens with zero attached hydrogens (tertiary/aromatic N) is 5. The highest BCUT2D eigenvalue weighted by atomic mass is 16.5. The zero-order chi connectivity index (χ0) is 14.7. The molecule has 0 aromatic carbocycles. The lowest BCUT2D eigenvalue weighted by atomic mass is 10.1. The van der Waals surface area contributed by atoms with Crippen molar-refractivity contribution in [2.75, 3.05) is 17.9 Å². The zero-order valence-corrected chi connectivity index (χ0v) is 11.9. The number of anilines is 3. The molecule has 0 fully saturated rings. The Morgan fingerprint density at radius 3 is 2.55 bits per heavy atom. The predicted molar refractivity (Wildman–Crippen MR) is 74.8 cm³/mol. The van der Waals surface area contributed by atoms with Crippen molar-refractivity contribution >= 4 is 17.6 Å². The SMILES string of the molecule is COc1nc(NN)nc(Nc2cn(C)nc2C(C)C)n1. The first kappa shape index (κ1) is 14.0. The largest absolute Gasteiger partial charge is 0.467 e. The second kappa shape index (κ2) is 5.70. The maximum absolute atomic E-state index is 5.32. The quantitative estimate of drug-likeness (QED) is 0.542. The van der Waals surface area contributed by atoms with Gasteiger partial charge in [0.2, 0.25) is 11.9 Å². The summed E-state index contributed by atoms with van der Waals surface area (Å²) in [6.07, 6.45) is 1.86. The second-order valence-corrected chi connectivity index (χ2v) is 4.50. The van der Waals surface area contributed by atoms with Crippen LogP contribution in [0.1, 0.15) is 25.5 Å². The van der Waals surface area contributed by atoms with E-state index < -0.39 is 0 Å². The van der Waals surface area contributed by atoms with Crippen LogP contribution in [0, 0.1) is 0 Å². The van der Waals surface area contributed by atoms with Crippen LogP contribution in [-0.4, -0.2) is 31.8 Å². The van der Waals surface area contributed by atoms with Gasteiger partial charge in [-0.25, -0.2) is 5.84 Å². The molecule has 2 heterocycles. The lowest BCUT2D eigenvalue weighted by molar-refractivity contribution is 0.379. The minimum atomic E-state index is 0.172. The third-order valence-electron chi connectivity index (χ3n) is 2.58. The number of hydrazine groups is 1. The average molecular weight is 278 g/mol. The van der Waals surface area contributed by atoms with Crippen LogP contribution in [0.2, 0.25) is 0 Å². The fraction of sp³-hybridized carbons (Fsp3) is 0.455. The number of nitrogens with two attached hydrogens (primary N) is 1. The van der Waals surface area contributed by atoms with E-state index in [-0.39, 0.29) is 17.9 Å². The maximum Gasteiger partial charge on any atom is 0.322 e. The fourth-order valence-corrected chi connectivity index (χ4v) is 1.72. The molecule has 0 radical (unpaired) electrons. The zero-order valence-electron chi connectivity index (χ0n) is 11.9. The molecule has 4 N–H and O–H groups in total. The summed E-state index contributed by atoms with van der Waals surface area (Å²) in [4.78, 5) is 12.2. The highest BCUT2D eigenvalue weighted by Crippen LogP contribution is 2.25. The Hall–Kier alpha value is -2.42. The highest BCUT2D eigenvalue weighted by Gasteiger charge is 2.14. The van der Waals surface area contributed by atoms with Crippen molar-refractivity contribution in [3.05, 3.63) is 11.9 Å². The molecule has 2 aromatic rings. The van der Waals surface area contributed by atoms with Crippen LogP contribution in [0.5, 0.6) is 6.01 Å². The first-order valence-electron chi connectivity index (χ1n) is 6.10. The maximum atomic E-state index is 5.32. The normalized spacial score (nSPS) is 10.7. The molecule has 0 saturated heterocycles. The van der Waals surface area contributed by atoms with Gasteiger partial charge < -0.3 is 10.1 Å². The van der Waals surface area contributed by atoms with Gasteiger partial charge in [-0.2, -0.15) is 20.1 Å². The third-order valence-corrected chi connectivity index (χ3v) is 2.58. The summed E-state index contributed by atoms with van der Waals surface area (Å²) in [5, 5.41) is 7.51. The number of hydrogen-bond donors (Lipinski definition) is 3. The number of methoxy groups -OCH3 is 1. The summed E-state index contributed by atoms with van der Waals surface area (Å²) < 4.78 is 6.73. The Bertz CT molecular complexity index is 572. The molecule has 2 aromatic heterocycles. The van der Waals surface area contributed by atoms with Crippen LogP contribution >= 0.6 is 0 Å². The molecule has 0 amide bonds. The van der Waals surface area contributed by atoms with Gasteiger partial charge in [0.1, 0.15) is 0 Å². The Balaban J connectivity index is 2.34. The molecule has 0 aliphatic carbocycles. The van der Waals surface area contributed by atoms with Gasteiger partial charge in [0, 0.05) is 13.2 Å². The van der Waals surface area contributed by atoms with Crippen LogP contribution < -0.4 is 21.3 Å². The van der Waals surface area contributed by atoms with E-state index in [9.17, 15) is 0 Å². The highest BCUT2D eigenvalue weighted by molar-refractivity contribution is 5.57. The number of nitrogens with one attached hydrogen (secondary N) is 2. The standard InChI is InChI=1S/C11H18N8O/c1-6(2)8-7(5-19(3)18-8)13-9-14-10(17-12)16-11(15-9)20-4/h5-6H,12H2,1-4H3,(H2,13,14,15,16,17). The molecular formula is C11H18N8O. The second-order valence-electron chi connectivity index (χ2n) is 4.50. The van der Waals surface area contributed by atoms with E-state index in [1.165, 1.54) is 7.11 Å². The first-order chi connectivity index (χ1) is 9.53. The van der Waals surface area contributed by atoms with E-state index in [1.54, 1.807) is 4.68 Å². The topological polar surface area (TPSA) is 116 Å². The van der Waals surface area contributed by atoms with Crippen molar-refractivity contribution in [3.8, 4) is 6.01 Å². The predicted octanol–water partition coefficient (Wildman–Crippen LogP) is 0.766. The van der Waals surface area contributed by atoms with E-state index in [1.807, 2.05) is 13.2 Å². The van der Waals surface area contributed by atoms with Gasteiger partial charge in [-0.15, -0.1) is 0 Å². The third kappa shape index (κ3) is 2.94. The van der Waals surface area contributed by atoms with E-state index in [2.05, 4.69) is 44.6 Å². The number of rotatable bonds is 5.